The largest absolute Gasteiger partial charge is 0.294 e. The zero-order valence-electron chi connectivity index (χ0n) is 14.7. The van der Waals surface area contributed by atoms with Crippen LogP contribution in [0.2, 0.25) is 0 Å². The molecule has 130 valence electrons. The molecule has 1 N–H and O–H groups in total. The normalized spacial score (nSPS) is 14.7. The van der Waals surface area contributed by atoms with E-state index in [4.69, 9.17) is 0 Å². The fourth-order valence-corrected chi connectivity index (χ4v) is 3.75. The average molecular weight is 344 g/mol. The number of hydrogen-bond donors (Lipinski definition) is 1. The van der Waals surface area contributed by atoms with Crippen LogP contribution in [0, 0.1) is 6.92 Å². The van der Waals surface area contributed by atoms with Crippen LogP contribution >= 0.6 is 0 Å². The molecular formula is C20H20N6. The number of rotatable bonds is 3. The van der Waals surface area contributed by atoms with E-state index in [9.17, 15) is 0 Å². The van der Waals surface area contributed by atoms with Gasteiger partial charge in [-0.2, -0.15) is 5.10 Å². The predicted octanol–water partition coefficient (Wildman–Crippen LogP) is 2.99. The van der Waals surface area contributed by atoms with Gasteiger partial charge < -0.3 is 0 Å². The van der Waals surface area contributed by atoms with E-state index in [1.165, 1.54) is 27.9 Å². The molecule has 26 heavy (non-hydrogen) atoms. The molecule has 1 aliphatic heterocycles. The summed E-state index contributed by atoms with van der Waals surface area (Å²) < 4.78 is 1.97. The second-order valence-corrected chi connectivity index (χ2v) is 6.90. The van der Waals surface area contributed by atoms with Crippen molar-refractivity contribution < 1.29 is 0 Å². The van der Waals surface area contributed by atoms with Gasteiger partial charge in [-0.3, -0.25) is 14.4 Å². The summed E-state index contributed by atoms with van der Waals surface area (Å²) in [7, 11) is 0. The van der Waals surface area contributed by atoms with E-state index in [0.717, 1.165) is 37.5 Å². The van der Waals surface area contributed by atoms with Gasteiger partial charge in [0.15, 0.2) is 0 Å². The molecule has 0 radical (unpaired) electrons. The first-order chi connectivity index (χ1) is 12.8. The Balaban J connectivity index is 1.42. The van der Waals surface area contributed by atoms with Gasteiger partial charge in [0.25, 0.3) is 0 Å². The molecule has 0 aliphatic carbocycles. The summed E-state index contributed by atoms with van der Waals surface area (Å²) >= 11 is 0. The third-order valence-electron chi connectivity index (χ3n) is 5.12. The maximum atomic E-state index is 4.63. The lowest BCUT2D eigenvalue weighted by Gasteiger charge is -2.27. The summed E-state index contributed by atoms with van der Waals surface area (Å²) in [4.78, 5) is 11.1. The van der Waals surface area contributed by atoms with Gasteiger partial charge in [0.1, 0.15) is 0 Å². The molecule has 0 saturated heterocycles. The number of H-pyrrole nitrogens is 1. The monoisotopic (exact) mass is 344 g/mol. The van der Waals surface area contributed by atoms with E-state index >= 15 is 0 Å². The second kappa shape index (κ2) is 6.07. The van der Waals surface area contributed by atoms with E-state index in [0.29, 0.717) is 0 Å². The Labute approximate surface area is 151 Å². The van der Waals surface area contributed by atoms with Crippen LogP contribution in [0.5, 0.6) is 0 Å². The highest BCUT2D eigenvalue weighted by atomic mass is 15.2. The number of fused-ring (bicyclic) bond motifs is 2. The van der Waals surface area contributed by atoms with E-state index in [1.807, 2.05) is 16.8 Å². The van der Waals surface area contributed by atoms with E-state index in [-0.39, 0.29) is 0 Å². The Morgan fingerprint density at radius 2 is 2.12 bits per heavy atom. The molecule has 0 unspecified atom stereocenters. The molecule has 6 nitrogen and oxygen atoms in total. The molecule has 1 aliphatic rings. The number of aromatic amines is 1. The fourth-order valence-electron chi connectivity index (χ4n) is 3.75. The smallest absolute Gasteiger partial charge is 0.233 e. The van der Waals surface area contributed by atoms with Crippen molar-refractivity contribution in [3.63, 3.8) is 0 Å². The number of imidazole rings is 1. The second-order valence-electron chi connectivity index (χ2n) is 6.90. The number of hydrogen-bond acceptors (Lipinski definition) is 4. The van der Waals surface area contributed by atoms with E-state index < -0.39 is 0 Å². The Hall–Kier alpha value is -2.99. The minimum atomic E-state index is 0.742. The van der Waals surface area contributed by atoms with Crippen LogP contribution in [0.4, 0.5) is 0 Å². The van der Waals surface area contributed by atoms with Crippen molar-refractivity contribution >= 4 is 5.78 Å². The summed E-state index contributed by atoms with van der Waals surface area (Å²) in [5.74, 6) is 0.742. The first-order valence-electron chi connectivity index (χ1n) is 8.90. The highest BCUT2D eigenvalue weighted by Gasteiger charge is 2.23. The molecule has 6 heteroatoms. The predicted molar refractivity (Wildman–Crippen MR) is 99.6 cm³/mol. The zero-order valence-corrected chi connectivity index (χ0v) is 14.7. The summed E-state index contributed by atoms with van der Waals surface area (Å²) in [5.41, 5.74) is 7.35. The molecule has 4 heterocycles. The van der Waals surface area contributed by atoms with Crippen molar-refractivity contribution in [2.24, 2.45) is 0 Å². The van der Waals surface area contributed by atoms with Gasteiger partial charge in [-0.25, -0.2) is 9.97 Å². The lowest BCUT2D eigenvalue weighted by molar-refractivity contribution is 0.244. The summed E-state index contributed by atoms with van der Waals surface area (Å²) in [6.45, 7) is 4.93. The summed E-state index contributed by atoms with van der Waals surface area (Å²) in [6.07, 6.45) is 8.75. The minimum absolute atomic E-state index is 0.742. The van der Waals surface area contributed by atoms with Crippen LogP contribution in [0.1, 0.15) is 22.4 Å². The highest BCUT2D eigenvalue weighted by molar-refractivity contribution is 5.67. The Morgan fingerprint density at radius 1 is 1.19 bits per heavy atom. The summed E-state index contributed by atoms with van der Waals surface area (Å²) in [6, 6.07) is 8.45. The number of benzene rings is 1. The van der Waals surface area contributed by atoms with Gasteiger partial charge in [0.05, 0.1) is 5.69 Å². The lowest BCUT2D eigenvalue weighted by Crippen LogP contribution is -2.30. The topological polar surface area (TPSA) is 62.1 Å². The molecule has 5 rings (SSSR count). The zero-order chi connectivity index (χ0) is 17.5. The maximum Gasteiger partial charge on any atom is 0.233 e. The van der Waals surface area contributed by atoms with Gasteiger partial charge in [0.2, 0.25) is 5.78 Å². The molecule has 0 amide bonds. The van der Waals surface area contributed by atoms with Crippen LogP contribution in [0.25, 0.3) is 17.0 Å². The van der Waals surface area contributed by atoms with Gasteiger partial charge in [-0.05, 0) is 12.5 Å². The standard InChI is InChI=1S/C20H20N6/c1-14-4-2-3-5-16(14)19-17-13-25(8-6-18(17)23-24-19)11-15-10-22-20-21-7-9-26(20)12-15/h2-5,7,9-10,12H,6,8,11,13H2,1H3,(H,23,24). The van der Waals surface area contributed by atoms with Gasteiger partial charge in [-0.15, -0.1) is 0 Å². The van der Waals surface area contributed by atoms with Crippen molar-refractivity contribution in [2.75, 3.05) is 6.54 Å². The Morgan fingerprint density at radius 3 is 3.04 bits per heavy atom. The minimum Gasteiger partial charge on any atom is -0.294 e. The van der Waals surface area contributed by atoms with Crippen LogP contribution in [-0.4, -0.2) is 36.0 Å². The lowest BCUT2D eigenvalue weighted by atomic mass is 9.98. The van der Waals surface area contributed by atoms with Crippen LogP contribution in [0.3, 0.4) is 0 Å². The fraction of sp³-hybridized carbons (Fsp3) is 0.250. The third-order valence-corrected chi connectivity index (χ3v) is 5.12. The van der Waals surface area contributed by atoms with Gasteiger partial charge >= 0.3 is 0 Å². The molecule has 0 bridgehead atoms. The molecule has 1 aromatic carbocycles. The molecular weight excluding hydrogens is 324 g/mol. The van der Waals surface area contributed by atoms with Crippen molar-refractivity contribution in [1.82, 2.24) is 29.5 Å². The van der Waals surface area contributed by atoms with Gasteiger partial charge in [-0.1, -0.05) is 24.3 Å². The molecule has 0 spiro atoms. The quantitative estimate of drug-likeness (QED) is 0.621. The average Bonchev–Trinajstić information content (AvgIpc) is 3.28. The van der Waals surface area contributed by atoms with Crippen molar-refractivity contribution in [2.45, 2.75) is 26.4 Å². The van der Waals surface area contributed by atoms with Gasteiger partial charge in [0, 0.05) is 73.2 Å². The van der Waals surface area contributed by atoms with Crippen LogP contribution in [0.15, 0.2) is 49.1 Å². The van der Waals surface area contributed by atoms with Crippen molar-refractivity contribution in [3.8, 4) is 11.3 Å². The number of aryl methyl sites for hydroxylation is 1. The number of aromatic nitrogens is 5. The Bertz CT molecular complexity index is 1080. The van der Waals surface area contributed by atoms with Crippen molar-refractivity contribution in [1.29, 1.82) is 0 Å². The SMILES string of the molecule is Cc1ccccc1-c1n[nH]c2c1CN(Cc1cnc3nccn3c1)CC2. The molecule has 3 aromatic heterocycles. The van der Waals surface area contributed by atoms with Crippen LogP contribution in [-0.2, 0) is 19.5 Å². The molecule has 0 atom stereocenters. The summed E-state index contributed by atoms with van der Waals surface area (Å²) in [5, 5.41) is 7.88. The number of nitrogens with zero attached hydrogens (tertiary/aromatic N) is 5. The first-order valence-corrected chi connectivity index (χ1v) is 8.90. The van der Waals surface area contributed by atoms with Crippen LogP contribution < -0.4 is 0 Å². The molecule has 0 fully saturated rings. The Kier molecular flexibility index (Phi) is 3.57. The maximum absolute atomic E-state index is 4.63. The van der Waals surface area contributed by atoms with E-state index in [1.54, 1.807) is 6.20 Å². The molecule has 0 saturated carbocycles. The third kappa shape index (κ3) is 2.59. The first kappa shape index (κ1) is 15.3. The van der Waals surface area contributed by atoms with Crippen molar-refractivity contribution in [3.05, 3.63) is 71.4 Å². The van der Waals surface area contributed by atoms with E-state index in [2.05, 4.69) is 62.5 Å². The number of nitrogens with one attached hydrogen (secondary N) is 1. The molecule has 4 aromatic rings. The highest BCUT2D eigenvalue weighted by Crippen LogP contribution is 2.30.